The third kappa shape index (κ3) is 2.92. The van der Waals surface area contributed by atoms with Crippen molar-refractivity contribution in [2.45, 2.75) is 31.6 Å². The molecule has 1 aromatic rings. The van der Waals surface area contributed by atoms with Crippen molar-refractivity contribution < 1.29 is 13.2 Å². The average Bonchev–Trinajstić information content (AvgIpc) is 2.89. The molecule has 2 heterocycles. The Balaban J connectivity index is 2.00. The lowest BCUT2D eigenvalue weighted by Gasteiger charge is -2.24. The number of amidine groups is 1. The fourth-order valence-electron chi connectivity index (χ4n) is 2.89. The summed E-state index contributed by atoms with van der Waals surface area (Å²) in [6.45, 7) is 3.50. The van der Waals surface area contributed by atoms with Crippen LogP contribution in [0.2, 0.25) is 0 Å². The van der Waals surface area contributed by atoms with E-state index in [1.807, 2.05) is 29.2 Å². The number of aliphatic imine (C=N–C) groups is 1. The molecule has 22 heavy (non-hydrogen) atoms. The van der Waals surface area contributed by atoms with Crippen molar-refractivity contribution in [1.82, 2.24) is 0 Å². The van der Waals surface area contributed by atoms with Gasteiger partial charge in [0.05, 0.1) is 17.5 Å². The minimum atomic E-state index is -3.01. The van der Waals surface area contributed by atoms with Crippen LogP contribution in [0.4, 0.5) is 5.69 Å². The Morgan fingerprint density at radius 1 is 1.32 bits per heavy atom. The number of amides is 1. The monoisotopic (exact) mass is 338 g/mol. The molecule has 0 aromatic heterocycles. The highest BCUT2D eigenvalue weighted by Gasteiger charge is 2.49. The number of aryl methyl sites for hydroxylation is 1. The van der Waals surface area contributed by atoms with Crippen molar-refractivity contribution in [1.29, 1.82) is 0 Å². The van der Waals surface area contributed by atoms with Crippen molar-refractivity contribution >= 4 is 38.4 Å². The lowest BCUT2D eigenvalue weighted by Crippen LogP contribution is -2.37. The maximum atomic E-state index is 11.9. The molecular weight excluding hydrogens is 320 g/mol. The Labute approximate surface area is 134 Å². The molecule has 5 nitrogen and oxygen atoms in total. The van der Waals surface area contributed by atoms with Gasteiger partial charge >= 0.3 is 0 Å². The van der Waals surface area contributed by atoms with E-state index < -0.39 is 9.84 Å². The average molecular weight is 338 g/mol. The molecule has 1 amide bonds. The second-order valence-electron chi connectivity index (χ2n) is 5.60. The Bertz CT molecular complexity index is 726. The maximum Gasteiger partial charge on any atom is 0.244 e. The maximum absolute atomic E-state index is 11.9. The Morgan fingerprint density at radius 3 is 2.59 bits per heavy atom. The molecule has 0 unspecified atom stereocenters. The molecule has 7 heteroatoms. The van der Waals surface area contributed by atoms with E-state index in [4.69, 9.17) is 0 Å². The smallest absolute Gasteiger partial charge is 0.244 e. The van der Waals surface area contributed by atoms with E-state index in [0.717, 1.165) is 12.1 Å². The van der Waals surface area contributed by atoms with Gasteiger partial charge < -0.3 is 4.90 Å². The van der Waals surface area contributed by atoms with Crippen LogP contribution in [0.3, 0.4) is 0 Å². The summed E-state index contributed by atoms with van der Waals surface area (Å²) in [6.07, 6.45) is 0.948. The summed E-state index contributed by atoms with van der Waals surface area (Å²) >= 11 is 1.40. The Morgan fingerprint density at radius 2 is 2.00 bits per heavy atom. The Kier molecular flexibility index (Phi) is 4.03. The molecule has 2 aliphatic heterocycles. The second-order valence-corrected chi connectivity index (χ2v) is 8.96. The van der Waals surface area contributed by atoms with Gasteiger partial charge in [0.15, 0.2) is 15.0 Å². The number of sulfone groups is 1. The standard InChI is InChI=1S/C15H18N2O3S2/c1-3-11-4-6-12(7-5-11)17-13-8-22(19,20)9-14(13)21-15(17)16-10(2)18/h4-7,13-14H,3,8-9H2,1-2H3/t13-,14+/m1/s1. The van der Waals surface area contributed by atoms with Crippen LogP contribution in [0.1, 0.15) is 19.4 Å². The summed E-state index contributed by atoms with van der Waals surface area (Å²) in [6, 6.07) is 7.87. The second kappa shape index (κ2) is 5.70. The first-order chi connectivity index (χ1) is 10.4. The van der Waals surface area contributed by atoms with Crippen LogP contribution in [0, 0.1) is 0 Å². The summed E-state index contributed by atoms with van der Waals surface area (Å²) in [5.74, 6) is 0.0143. The molecule has 0 N–H and O–H groups in total. The molecule has 0 radical (unpaired) electrons. The van der Waals surface area contributed by atoms with Crippen molar-refractivity contribution in [2.24, 2.45) is 4.99 Å². The van der Waals surface area contributed by atoms with Gasteiger partial charge in [-0.3, -0.25) is 4.79 Å². The highest BCUT2D eigenvalue weighted by Crippen LogP contribution is 2.40. The third-order valence-electron chi connectivity index (χ3n) is 3.94. The van der Waals surface area contributed by atoms with Crippen molar-refractivity contribution in [3.8, 4) is 0 Å². The number of hydrogen-bond donors (Lipinski definition) is 0. The van der Waals surface area contributed by atoms with Crippen LogP contribution in [-0.2, 0) is 21.1 Å². The molecular formula is C15H18N2O3S2. The molecule has 2 atom stereocenters. The normalized spacial score (nSPS) is 28.1. The number of benzene rings is 1. The highest BCUT2D eigenvalue weighted by atomic mass is 32.2. The molecule has 2 aliphatic rings. The zero-order valence-corrected chi connectivity index (χ0v) is 14.2. The van der Waals surface area contributed by atoms with E-state index in [1.54, 1.807) is 0 Å². The van der Waals surface area contributed by atoms with E-state index in [0.29, 0.717) is 5.17 Å². The van der Waals surface area contributed by atoms with Gasteiger partial charge in [-0.25, -0.2) is 8.42 Å². The van der Waals surface area contributed by atoms with Crippen LogP contribution in [0.25, 0.3) is 0 Å². The molecule has 3 rings (SSSR count). The summed E-state index contributed by atoms with van der Waals surface area (Å²) in [5, 5.41) is 0.565. The van der Waals surface area contributed by atoms with Gasteiger partial charge in [0.25, 0.3) is 0 Å². The highest BCUT2D eigenvalue weighted by molar-refractivity contribution is 8.16. The van der Waals surface area contributed by atoms with Gasteiger partial charge in [0.2, 0.25) is 5.91 Å². The van der Waals surface area contributed by atoms with Gasteiger partial charge in [-0.1, -0.05) is 30.8 Å². The number of hydrogen-bond acceptors (Lipinski definition) is 4. The molecule has 118 valence electrons. The number of thioether (sulfide) groups is 1. The summed E-state index contributed by atoms with van der Waals surface area (Å²) in [7, 11) is -3.01. The zero-order chi connectivity index (χ0) is 15.9. The molecule has 0 bridgehead atoms. The quantitative estimate of drug-likeness (QED) is 0.823. The Hall–Kier alpha value is -1.34. The van der Waals surface area contributed by atoms with Crippen LogP contribution >= 0.6 is 11.8 Å². The van der Waals surface area contributed by atoms with Gasteiger partial charge in [-0.05, 0) is 24.1 Å². The minimum Gasteiger partial charge on any atom is -0.316 e. The van der Waals surface area contributed by atoms with Crippen LogP contribution < -0.4 is 4.90 Å². The van der Waals surface area contributed by atoms with Gasteiger partial charge in [-0.2, -0.15) is 4.99 Å². The number of fused-ring (bicyclic) bond motifs is 1. The lowest BCUT2D eigenvalue weighted by atomic mass is 10.1. The fraction of sp³-hybridized carbons (Fsp3) is 0.467. The molecule has 1 aromatic carbocycles. The SMILES string of the molecule is CCc1ccc(N2C(=NC(C)=O)S[C@H]3CS(=O)(=O)C[C@H]32)cc1. The zero-order valence-electron chi connectivity index (χ0n) is 12.5. The fourth-order valence-corrected chi connectivity index (χ4v) is 6.85. The van der Waals surface area contributed by atoms with Gasteiger partial charge in [-0.15, -0.1) is 0 Å². The first-order valence-electron chi connectivity index (χ1n) is 7.24. The summed E-state index contributed by atoms with van der Waals surface area (Å²) in [5.41, 5.74) is 2.12. The molecule has 2 saturated heterocycles. The largest absolute Gasteiger partial charge is 0.316 e. The number of rotatable bonds is 2. The van der Waals surface area contributed by atoms with E-state index in [9.17, 15) is 13.2 Å². The van der Waals surface area contributed by atoms with Crippen LogP contribution in [0.5, 0.6) is 0 Å². The molecule has 0 saturated carbocycles. The number of carbonyl (C=O) groups excluding carboxylic acids is 1. The van der Waals surface area contributed by atoms with Crippen LogP contribution in [-0.4, -0.2) is 42.3 Å². The lowest BCUT2D eigenvalue weighted by molar-refractivity contribution is -0.115. The predicted molar refractivity (Wildman–Crippen MR) is 90.2 cm³/mol. The van der Waals surface area contributed by atoms with Gasteiger partial charge in [0, 0.05) is 17.9 Å². The first-order valence-corrected chi connectivity index (χ1v) is 9.94. The third-order valence-corrected chi connectivity index (χ3v) is 7.15. The number of nitrogens with zero attached hydrogens (tertiary/aromatic N) is 2. The van der Waals surface area contributed by atoms with E-state index >= 15 is 0 Å². The number of anilines is 1. The predicted octanol–water partition coefficient (Wildman–Crippen LogP) is 1.87. The van der Waals surface area contributed by atoms with E-state index in [2.05, 4.69) is 11.9 Å². The topological polar surface area (TPSA) is 66.8 Å². The first kappa shape index (κ1) is 15.6. The molecule has 0 aliphatic carbocycles. The van der Waals surface area contributed by atoms with Gasteiger partial charge in [0.1, 0.15) is 0 Å². The molecule has 0 spiro atoms. The number of carbonyl (C=O) groups is 1. The van der Waals surface area contributed by atoms with Crippen molar-refractivity contribution in [3.05, 3.63) is 29.8 Å². The summed E-state index contributed by atoms with van der Waals surface area (Å²) < 4.78 is 23.8. The molecule has 2 fully saturated rings. The minimum absolute atomic E-state index is 0.0473. The van der Waals surface area contributed by atoms with Crippen LogP contribution in [0.15, 0.2) is 29.3 Å². The summed E-state index contributed by atoms with van der Waals surface area (Å²) in [4.78, 5) is 17.4. The van der Waals surface area contributed by atoms with Crippen molar-refractivity contribution in [2.75, 3.05) is 16.4 Å². The van der Waals surface area contributed by atoms with E-state index in [-0.39, 0.29) is 28.7 Å². The van der Waals surface area contributed by atoms with Crippen molar-refractivity contribution in [3.63, 3.8) is 0 Å². The van der Waals surface area contributed by atoms with E-state index in [1.165, 1.54) is 24.2 Å².